The largest absolute Gasteiger partial charge is 0.495 e. The number of ether oxygens (including phenoxy) is 1. The summed E-state index contributed by atoms with van der Waals surface area (Å²) in [6, 6.07) is 3.20. The van der Waals surface area contributed by atoms with Crippen molar-refractivity contribution in [2.45, 2.75) is 13.8 Å². The second-order valence-electron chi connectivity index (χ2n) is 4.32. The number of methoxy groups -OCH3 is 1. The average Bonchev–Trinajstić information content (AvgIpc) is 2.68. The Bertz CT molecular complexity index is 808. The first-order chi connectivity index (χ1) is 8.61. The van der Waals surface area contributed by atoms with Crippen molar-refractivity contribution in [1.29, 1.82) is 0 Å². The lowest BCUT2D eigenvalue weighted by molar-refractivity contribution is 0.423. The minimum Gasteiger partial charge on any atom is -0.495 e. The van der Waals surface area contributed by atoms with E-state index in [9.17, 15) is 4.79 Å². The van der Waals surface area contributed by atoms with Crippen molar-refractivity contribution < 1.29 is 13.6 Å². The van der Waals surface area contributed by atoms with Crippen LogP contribution in [0.15, 0.2) is 32.0 Å². The highest BCUT2D eigenvalue weighted by Crippen LogP contribution is 2.38. The molecule has 0 atom stereocenters. The van der Waals surface area contributed by atoms with Gasteiger partial charge in [0.25, 0.3) is 0 Å². The number of benzene rings is 1. The Labute approximate surface area is 103 Å². The van der Waals surface area contributed by atoms with Crippen LogP contribution in [0, 0.1) is 13.8 Å². The third-order valence-corrected chi connectivity index (χ3v) is 3.11. The van der Waals surface area contributed by atoms with E-state index in [1.807, 2.05) is 13.8 Å². The van der Waals surface area contributed by atoms with Crippen molar-refractivity contribution in [1.82, 2.24) is 0 Å². The molecule has 0 unspecified atom stereocenters. The van der Waals surface area contributed by atoms with E-state index < -0.39 is 0 Å². The molecule has 18 heavy (non-hydrogen) atoms. The predicted octanol–water partition coefficient (Wildman–Crippen LogP) is 3.16. The van der Waals surface area contributed by atoms with Crippen LogP contribution >= 0.6 is 0 Å². The molecule has 0 N–H and O–H groups in total. The monoisotopic (exact) mass is 244 g/mol. The molecule has 0 saturated heterocycles. The summed E-state index contributed by atoms with van der Waals surface area (Å²) >= 11 is 0. The van der Waals surface area contributed by atoms with E-state index in [4.69, 9.17) is 13.6 Å². The normalized spacial score (nSPS) is 11.3. The summed E-state index contributed by atoms with van der Waals surface area (Å²) in [7, 11) is 1.60. The maximum atomic E-state index is 11.4. The van der Waals surface area contributed by atoms with Gasteiger partial charge in [0.2, 0.25) is 0 Å². The van der Waals surface area contributed by atoms with Crippen LogP contribution in [0.25, 0.3) is 21.9 Å². The lowest BCUT2D eigenvalue weighted by Crippen LogP contribution is -1.99. The highest BCUT2D eigenvalue weighted by molar-refractivity contribution is 6.03. The Hall–Kier alpha value is -2.23. The van der Waals surface area contributed by atoms with Gasteiger partial charge in [0, 0.05) is 12.1 Å². The van der Waals surface area contributed by atoms with Gasteiger partial charge in [-0.05, 0) is 25.0 Å². The molecule has 0 aliphatic rings. The van der Waals surface area contributed by atoms with Crippen LogP contribution in [0.5, 0.6) is 5.75 Å². The van der Waals surface area contributed by atoms with Crippen LogP contribution in [0.4, 0.5) is 0 Å². The van der Waals surface area contributed by atoms with Gasteiger partial charge in [0.15, 0.2) is 0 Å². The Kier molecular flexibility index (Phi) is 2.20. The molecule has 3 aromatic rings. The number of hydrogen-bond acceptors (Lipinski definition) is 4. The molecule has 0 aliphatic heterocycles. The molecule has 0 amide bonds. The summed E-state index contributed by atoms with van der Waals surface area (Å²) in [6.45, 7) is 3.82. The fourth-order valence-corrected chi connectivity index (χ4v) is 2.33. The molecule has 4 heteroatoms. The molecule has 0 radical (unpaired) electrons. The van der Waals surface area contributed by atoms with Crippen molar-refractivity contribution in [3.63, 3.8) is 0 Å². The molecule has 0 bridgehead atoms. The number of aryl methyl sites for hydroxylation is 2. The van der Waals surface area contributed by atoms with Crippen LogP contribution in [0.2, 0.25) is 0 Å². The van der Waals surface area contributed by atoms with Gasteiger partial charge in [0.1, 0.15) is 16.9 Å². The zero-order chi connectivity index (χ0) is 12.9. The molecule has 2 heterocycles. The maximum Gasteiger partial charge on any atom is 0.336 e. The Morgan fingerprint density at radius 2 is 1.78 bits per heavy atom. The molecule has 0 aliphatic carbocycles. The van der Waals surface area contributed by atoms with Crippen LogP contribution in [0.1, 0.15) is 11.1 Å². The summed E-state index contributed by atoms with van der Waals surface area (Å²) in [5, 5.41) is 1.73. The summed E-state index contributed by atoms with van der Waals surface area (Å²) in [6.07, 6.45) is 1.67. The van der Waals surface area contributed by atoms with Crippen LogP contribution in [0.3, 0.4) is 0 Å². The molecule has 2 aromatic heterocycles. The molecule has 0 spiro atoms. The topological polar surface area (TPSA) is 52.6 Å². The Morgan fingerprint density at radius 1 is 1.06 bits per heavy atom. The molecule has 0 fully saturated rings. The third-order valence-electron chi connectivity index (χ3n) is 3.11. The van der Waals surface area contributed by atoms with Crippen LogP contribution < -0.4 is 10.4 Å². The number of hydrogen-bond donors (Lipinski definition) is 0. The average molecular weight is 244 g/mol. The van der Waals surface area contributed by atoms with E-state index in [0.29, 0.717) is 16.9 Å². The van der Waals surface area contributed by atoms with Gasteiger partial charge in [-0.2, -0.15) is 0 Å². The minimum absolute atomic E-state index is 0.371. The molecule has 3 rings (SSSR count). The first kappa shape index (κ1) is 10.9. The number of fused-ring (bicyclic) bond motifs is 2. The molecule has 92 valence electrons. The summed E-state index contributed by atoms with van der Waals surface area (Å²) in [4.78, 5) is 11.4. The van der Waals surface area contributed by atoms with Gasteiger partial charge in [-0.25, -0.2) is 4.79 Å². The second-order valence-corrected chi connectivity index (χ2v) is 4.32. The van der Waals surface area contributed by atoms with Gasteiger partial charge in [-0.15, -0.1) is 0 Å². The first-order valence-corrected chi connectivity index (χ1v) is 5.61. The molecular weight excluding hydrogens is 232 g/mol. The molecular formula is C14H12O4. The summed E-state index contributed by atoms with van der Waals surface area (Å²) < 4.78 is 16.1. The highest BCUT2D eigenvalue weighted by atomic mass is 16.5. The maximum absolute atomic E-state index is 11.4. The zero-order valence-corrected chi connectivity index (χ0v) is 10.4. The quantitative estimate of drug-likeness (QED) is 0.617. The minimum atomic E-state index is -0.371. The zero-order valence-electron chi connectivity index (χ0n) is 10.4. The van der Waals surface area contributed by atoms with Gasteiger partial charge < -0.3 is 13.6 Å². The Balaban J connectivity index is 2.64. The van der Waals surface area contributed by atoms with Crippen LogP contribution in [-0.4, -0.2) is 7.11 Å². The van der Waals surface area contributed by atoms with Crippen molar-refractivity contribution in [3.05, 3.63) is 39.9 Å². The molecule has 4 nitrogen and oxygen atoms in total. The van der Waals surface area contributed by atoms with Gasteiger partial charge in [0.05, 0.1) is 24.1 Å². The smallest absolute Gasteiger partial charge is 0.336 e. The van der Waals surface area contributed by atoms with Crippen molar-refractivity contribution in [2.75, 3.05) is 7.11 Å². The van der Waals surface area contributed by atoms with E-state index in [2.05, 4.69) is 0 Å². The van der Waals surface area contributed by atoms with Gasteiger partial charge in [-0.3, -0.25) is 0 Å². The summed E-state index contributed by atoms with van der Waals surface area (Å²) in [5.41, 5.74) is 2.60. The van der Waals surface area contributed by atoms with E-state index in [1.54, 1.807) is 19.4 Å². The fraction of sp³-hybridized carbons (Fsp3) is 0.214. The van der Waals surface area contributed by atoms with Crippen molar-refractivity contribution >= 4 is 21.9 Å². The lowest BCUT2D eigenvalue weighted by Gasteiger charge is -2.08. The predicted molar refractivity (Wildman–Crippen MR) is 68.3 cm³/mol. The SMILES string of the molecule is COc1c2c(C)coc2cc2oc(=O)cc(C)c12. The molecule has 0 saturated carbocycles. The number of furan rings is 1. The third kappa shape index (κ3) is 1.35. The van der Waals surface area contributed by atoms with Gasteiger partial charge >= 0.3 is 5.63 Å². The van der Waals surface area contributed by atoms with E-state index >= 15 is 0 Å². The summed E-state index contributed by atoms with van der Waals surface area (Å²) in [5.74, 6) is 0.690. The van der Waals surface area contributed by atoms with Gasteiger partial charge in [-0.1, -0.05) is 0 Å². The number of rotatable bonds is 1. The van der Waals surface area contributed by atoms with Crippen molar-refractivity contribution in [3.8, 4) is 5.75 Å². The molecule has 1 aromatic carbocycles. The fourth-order valence-electron chi connectivity index (χ4n) is 2.33. The van der Waals surface area contributed by atoms with E-state index in [1.165, 1.54) is 6.07 Å². The second kappa shape index (κ2) is 3.63. The van der Waals surface area contributed by atoms with E-state index in [-0.39, 0.29) is 5.63 Å². The standard InChI is InChI=1S/C14H12O4/c1-7-4-11(15)18-10-5-9-13(8(2)6-17-9)14(16-3)12(7)10/h4-6H,1-3H3. The highest BCUT2D eigenvalue weighted by Gasteiger charge is 2.16. The van der Waals surface area contributed by atoms with Crippen molar-refractivity contribution in [2.24, 2.45) is 0 Å². The van der Waals surface area contributed by atoms with E-state index in [0.717, 1.165) is 21.9 Å². The first-order valence-electron chi connectivity index (χ1n) is 5.61. The lowest BCUT2D eigenvalue weighted by atomic mass is 10.1. The van der Waals surface area contributed by atoms with Crippen LogP contribution in [-0.2, 0) is 0 Å². The Morgan fingerprint density at radius 3 is 2.50 bits per heavy atom.